The quantitative estimate of drug-likeness (QED) is 0.417. The summed E-state index contributed by atoms with van der Waals surface area (Å²) in [5.41, 5.74) is 3.00. The van der Waals surface area contributed by atoms with Crippen LogP contribution in [0.3, 0.4) is 0 Å². The number of hydrogen-bond acceptors (Lipinski definition) is 7. The highest BCUT2D eigenvalue weighted by Gasteiger charge is 2.25. The van der Waals surface area contributed by atoms with Crippen LogP contribution in [-0.4, -0.2) is 77.2 Å². The molecule has 3 aromatic rings. The van der Waals surface area contributed by atoms with Crippen LogP contribution in [0.15, 0.2) is 36.9 Å². The molecule has 2 atom stereocenters. The van der Waals surface area contributed by atoms with Gasteiger partial charge in [0.05, 0.1) is 50.4 Å². The van der Waals surface area contributed by atoms with Crippen LogP contribution >= 0.6 is 0 Å². The second-order valence-corrected chi connectivity index (χ2v) is 8.77. The number of imidazole rings is 1. The van der Waals surface area contributed by atoms with Crippen molar-refractivity contribution >= 4 is 17.2 Å². The zero-order valence-corrected chi connectivity index (χ0v) is 19.7. The molecule has 0 aromatic carbocycles. The van der Waals surface area contributed by atoms with E-state index >= 15 is 0 Å². The van der Waals surface area contributed by atoms with Gasteiger partial charge in [-0.05, 0) is 49.9 Å². The maximum atomic E-state index is 12.4. The SMILES string of the molecule is O=C1NCC#Cc2cn3cccc(c3n2)NC2CCNCC2CCOCCOCCn2cc1cn2. The van der Waals surface area contributed by atoms with E-state index in [1.54, 1.807) is 17.1 Å². The average Bonchev–Trinajstić information content (AvgIpc) is 3.51. The lowest BCUT2D eigenvalue weighted by Gasteiger charge is -2.33. The van der Waals surface area contributed by atoms with E-state index in [0.717, 1.165) is 37.3 Å². The van der Waals surface area contributed by atoms with E-state index in [0.29, 0.717) is 56.2 Å². The molecule has 0 spiro atoms. The number of carbonyl (C=O) groups excluding carboxylic acids is 1. The number of rotatable bonds is 0. The Bertz CT molecular complexity index is 1210. The summed E-state index contributed by atoms with van der Waals surface area (Å²) < 4.78 is 15.2. The molecule has 0 saturated carbocycles. The van der Waals surface area contributed by atoms with E-state index in [9.17, 15) is 4.79 Å². The molecule has 10 heteroatoms. The zero-order chi connectivity index (χ0) is 23.9. The topological polar surface area (TPSA) is 107 Å². The second-order valence-electron chi connectivity index (χ2n) is 8.77. The van der Waals surface area contributed by atoms with E-state index in [-0.39, 0.29) is 12.5 Å². The first kappa shape index (κ1) is 23.4. The van der Waals surface area contributed by atoms with E-state index < -0.39 is 0 Å². The van der Waals surface area contributed by atoms with Crippen LogP contribution in [0.4, 0.5) is 5.69 Å². The molecule has 3 aromatic heterocycles. The molecule has 10 nitrogen and oxygen atoms in total. The van der Waals surface area contributed by atoms with Crippen LogP contribution in [0.25, 0.3) is 5.65 Å². The molecule has 4 bridgehead atoms. The number of nitrogens with zero attached hydrogens (tertiary/aromatic N) is 4. The average molecular weight is 478 g/mol. The molecule has 184 valence electrons. The van der Waals surface area contributed by atoms with E-state index in [1.165, 1.54) is 0 Å². The molecule has 2 unspecified atom stereocenters. The van der Waals surface area contributed by atoms with Gasteiger partial charge in [-0.2, -0.15) is 5.10 Å². The maximum Gasteiger partial charge on any atom is 0.255 e. The fourth-order valence-electron chi connectivity index (χ4n) is 4.48. The Morgan fingerprint density at radius 2 is 2.03 bits per heavy atom. The summed E-state index contributed by atoms with van der Waals surface area (Å²) >= 11 is 0. The number of amides is 1. The number of nitrogens with one attached hydrogen (secondary N) is 3. The summed E-state index contributed by atoms with van der Waals surface area (Å²) in [6, 6.07) is 4.41. The van der Waals surface area contributed by atoms with Crippen molar-refractivity contribution < 1.29 is 14.3 Å². The molecular weight excluding hydrogens is 446 g/mol. The molecule has 3 N–H and O–H groups in total. The van der Waals surface area contributed by atoms with Crippen molar-refractivity contribution in [2.75, 3.05) is 51.4 Å². The van der Waals surface area contributed by atoms with Gasteiger partial charge in [-0.15, -0.1) is 0 Å². The van der Waals surface area contributed by atoms with Crippen molar-refractivity contribution in [2.45, 2.75) is 25.4 Å². The fraction of sp³-hybridized carbons (Fsp3) is 0.480. The first-order chi connectivity index (χ1) is 17.3. The third kappa shape index (κ3) is 6.00. The monoisotopic (exact) mass is 477 g/mol. The number of fused-ring (bicyclic) bond motifs is 4. The van der Waals surface area contributed by atoms with E-state index in [4.69, 9.17) is 14.5 Å². The van der Waals surface area contributed by atoms with Crippen molar-refractivity contribution in [3.63, 3.8) is 0 Å². The number of aromatic nitrogens is 4. The standard InChI is InChI=1S/C25H31N7O3/c33-25-20-16-28-32(17-20)10-12-35-14-13-34-11-6-19-15-26-8-5-22(19)30-23-4-2-9-31-18-21(29-24(23)31)3-1-7-27-25/h2,4,9,16-19,22,26,30H,5-8,10-15H2,(H,27,33). The Kier molecular flexibility index (Phi) is 7.58. The van der Waals surface area contributed by atoms with Gasteiger partial charge in [-0.1, -0.05) is 5.92 Å². The van der Waals surface area contributed by atoms with Crippen molar-refractivity contribution in [1.29, 1.82) is 0 Å². The van der Waals surface area contributed by atoms with Crippen molar-refractivity contribution in [2.24, 2.45) is 5.92 Å². The van der Waals surface area contributed by atoms with Gasteiger partial charge < -0.3 is 29.8 Å². The Morgan fingerprint density at radius 3 is 2.97 bits per heavy atom. The highest BCUT2D eigenvalue weighted by Crippen LogP contribution is 2.23. The molecule has 1 amide bonds. The Hall–Kier alpha value is -3.39. The van der Waals surface area contributed by atoms with Crippen molar-refractivity contribution in [1.82, 2.24) is 29.8 Å². The van der Waals surface area contributed by atoms with Gasteiger partial charge in [0.2, 0.25) is 0 Å². The Labute approximate surface area is 204 Å². The van der Waals surface area contributed by atoms with Crippen LogP contribution in [0.2, 0.25) is 0 Å². The Morgan fingerprint density at radius 1 is 1.11 bits per heavy atom. The lowest BCUT2D eigenvalue weighted by molar-refractivity contribution is 0.0378. The summed E-state index contributed by atoms with van der Waals surface area (Å²) in [6.07, 6.45) is 9.15. The van der Waals surface area contributed by atoms with E-state index in [2.05, 4.69) is 39.0 Å². The third-order valence-corrected chi connectivity index (χ3v) is 6.35. The van der Waals surface area contributed by atoms with Gasteiger partial charge in [0.15, 0.2) is 5.65 Å². The van der Waals surface area contributed by atoms with Gasteiger partial charge in [-0.3, -0.25) is 9.48 Å². The number of ether oxygens (including phenoxy) is 2. The lowest BCUT2D eigenvalue weighted by atomic mass is 9.90. The predicted octanol–water partition coefficient (Wildman–Crippen LogP) is 1.14. The van der Waals surface area contributed by atoms with Gasteiger partial charge in [-0.25, -0.2) is 4.98 Å². The molecule has 5 heterocycles. The summed E-state index contributed by atoms with van der Waals surface area (Å²) in [4.78, 5) is 17.1. The van der Waals surface area contributed by atoms with Crippen LogP contribution in [-0.2, 0) is 16.0 Å². The normalized spacial score (nSPS) is 22.5. The van der Waals surface area contributed by atoms with Crippen molar-refractivity contribution in [3.05, 3.63) is 48.2 Å². The Balaban J connectivity index is 1.34. The summed E-state index contributed by atoms with van der Waals surface area (Å²) in [6.45, 7) is 5.03. The molecule has 1 saturated heterocycles. The molecular formula is C25H31N7O3. The van der Waals surface area contributed by atoms with Crippen LogP contribution in [0, 0.1) is 17.8 Å². The predicted molar refractivity (Wildman–Crippen MR) is 131 cm³/mol. The molecule has 2 aliphatic rings. The summed E-state index contributed by atoms with van der Waals surface area (Å²) in [7, 11) is 0. The summed E-state index contributed by atoms with van der Waals surface area (Å²) in [5, 5.41) is 14.3. The molecule has 5 rings (SSSR count). The minimum Gasteiger partial charge on any atom is -0.379 e. The minimum absolute atomic E-state index is 0.212. The number of piperidine rings is 1. The molecule has 0 radical (unpaired) electrons. The maximum absolute atomic E-state index is 12.4. The van der Waals surface area contributed by atoms with Crippen LogP contribution < -0.4 is 16.0 Å². The highest BCUT2D eigenvalue weighted by atomic mass is 16.5. The van der Waals surface area contributed by atoms with E-state index in [1.807, 2.05) is 22.9 Å². The first-order valence-corrected chi connectivity index (χ1v) is 12.2. The number of pyridine rings is 1. The highest BCUT2D eigenvalue weighted by molar-refractivity contribution is 5.93. The molecule has 1 fully saturated rings. The van der Waals surface area contributed by atoms with Gasteiger partial charge in [0.25, 0.3) is 5.91 Å². The van der Waals surface area contributed by atoms with Gasteiger partial charge in [0.1, 0.15) is 5.69 Å². The lowest BCUT2D eigenvalue weighted by Crippen LogP contribution is -2.44. The molecule has 0 aliphatic carbocycles. The first-order valence-electron chi connectivity index (χ1n) is 12.2. The van der Waals surface area contributed by atoms with Crippen LogP contribution in [0.1, 0.15) is 28.9 Å². The smallest absolute Gasteiger partial charge is 0.255 e. The molecule has 2 aliphatic heterocycles. The number of hydrogen-bond donors (Lipinski definition) is 3. The minimum atomic E-state index is -0.212. The third-order valence-electron chi connectivity index (χ3n) is 6.35. The van der Waals surface area contributed by atoms with Gasteiger partial charge in [0, 0.05) is 31.2 Å². The number of carbonyl (C=O) groups is 1. The van der Waals surface area contributed by atoms with Crippen LogP contribution in [0.5, 0.6) is 0 Å². The second kappa shape index (κ2) is 11.4. The van der Waals surface area contributed by atoms with Gasteiger partial charge >= 0.3 is 0 Å². The fourth-order valence-corrected chi connectivity index (χ4v) is 4.48. The zero-order valence-electron chi connectivity index (χ0n) is 19.7. The largest absolute Gasteiger partial charge is 0.379 e. The molecule has 35 heavy (non-hydrogen) atoms. The van der Waals surface area contributed by atoms with Crippen molar-refractivity contribution in [3.8, 4) is 11.8 Å². The summed E-state index contributed by atoms with van der Waals surface area (Å²) in [5.74, 6) is 6.30. The number of anilines is 1.